The topological polar surface area (TPSA) is 0 Å². The van der Waals surface area contributed by atoms with Crippen LogP contribution in [0.3, 0.4) is 0 Å². The first-order valence-electron chi connectivity index (χ1n) is 4.11. The lowest BCUT2D eigenvalue weighted by atomic mass is 10.2. The maximum absolute atomic E-state index is 3.87. The molecule has 0 nitrogen and oxygen atoms in total. The summed E-state index contributed by atoms with van der Waals surface area (Å²) in [6.45, 7) is 13.2. The molecule has 0 aromatic carbocycles. The maximum atomic E-state index is 3.87. The van der Waals surface area contributed by atoms with Crippen molar-refractivity contribution in [3.8, 4) is 0 Å². The lowest BCUT2D eigenvalue weighted by molar-refractivity contribution is 0.621. The summed E-state index contributed by atoms with van der Waals surface area (Å²) in [5.41, 5.74) is 2.19. The second-order valence-electron chi connectivity index (χ2n) is 4.13. The van der Waals surface area contributed by atoms with Gasteiger partial charge in [-0.2, -0.15) is 0 Å². The van der Waals surface area contributed by atoms with Crippen molar-refractivity contribution in [1.82, 2.24) is 0 Å². The Hall–Kier alpha value is -0.0431. The molecule has 0 atom stereocenters. The van der Waals surface area contributed by atoms with Crippen molar-refractivity contribution in [3.63, 3.8) is 0 Å². The third kappa shape index (κ3) is 4.80. The summed E-state index contributed by atoms with van der Waals surface area (Å²) in [7, 11) is -0.976. The van der Waals surface area contributed by atoms with Crippen LogP contribution >= 0.6 is 0 Å². The Morgan fingerprint density at radius 2 is 1.90 bits per heavy atom. The third-order valence-corrected chi connectivity index (χ3v) is 4.60. The van der Waals surface area contributed by atoms with Crippen LogP contribution in [0.2, 0.25) is 19.1 Å². The van der Waals surface area contributed by atoms with Crippen LogP contribution < -0.4 is 0 Å². The molecule has 0 rings (SSSR count). The zero-order valence-electron chi connectivity index (χ0n) is 7.78. The Kier molecular flexibility index (Phi) is 3.95. The summed E-state index contributed by atoms with van der Waals surface area (Å²) in [6, 6.07) is 1.40. The van der Waals surface area contributed by atoms with Crippen molar-refractivity contribution in [2.75, 3.05) is 0 Å². The van der Waals surface area contributed by atoms with E-state index >= 15 is 0 Å². The highest BCUT2D eigenvalue weighted by molar-refractivity contribution is 6.82. The summed E-state index contributed by atoms with van der Waals surface area (Å²) >= 11 is 0. The van der Waals surface area contributed by atoms with Gasteiger partial charge in [0.2, 0.25) is 0 Å². The third-order valence-electron chi connectivity index (χ3n) is 1.92. The SMILES string of the molecule is C=C[Si](C)(C)CCC(C)C. The summed E-state index contributed by atoms with van der Waals surface area (Å²) in [5, 5.41) is 0. The fourth-order valence-electron chi connectivity index (χ4n) is 0.763. The largest absolute Gasteiger partial charge is 0.107 e. The fourth-order valence-corrected chi connectivity index (χ4v) is 2.29. The molecule has 0 aromatic rings. The first-order valence-corrected chi connectivity index (χ1v) is 7.40. The molecule has 0 amide bonds. The van der Waals surface area contributed by atoms with Crippen LogP contribution in [0, 0.1) is 5.92 Å². The van der Waals surface area contributed by atoms with Gasteiger partial charge in [0.1, 0.15) is 0 Å². The van der Waals surface area contributed by atoms with Crippen molar-refractivity contribution >= 4 is 8.07 Å². The fraction of sp³-hybridized carbons (Fsp3) is 0.778. The van der Waals surface area contributed by atoms with Crippen molar-refractivity contribution < 1.29 is 0 Å². The van der Waals surface area contributed by atoms with Gasteiger partial charge < -0.3 is 0 Å². The first-order chi connectivity index (χ1) is 4.48. The van der Waals surface area contributed by atoms with Gasteiger partial charge in [0.15, 0.2) is 0 Å². The molecule has 0 unspecified atom stereocenters. The molecule has 60 valence electrons. The number of rotatable bonds is 4. The highest BCUT2D eigenvalue weighted by atomic mass is 28.3. The van der Waals surface area contributed by atoms with Gasteiger partial charge in [-0.15, -0.1) is 12.3 Å². The molecule has 0 bridgehead atoms. The minimum absolute atomic E-state index is 0.853. The van der Waals surface area contributed by atoms with Gasteiger partial charge >= 0.3 is 0 Å². The molecule has 0 aliphatic heterocycles. The first kappa shape index (κ1) is 9.96. The summed E-state index contributed by atoms with van der Waals surface area (Å²) in [6.07, 6.45) is 1.37. The zero-order valence-corrected chi connectivity index (χ0v) is 8.78. The molecular weight excluding hydrogens is 136 g/mol. The highest BCUT2D eigenvalue weighted by Crippen LogP contribution is 2.16. The zero-order chi connectivity index (χ0) is 8.20. The van der Waals surface area contributed by atoms with Crippen LogP contribution in [-0.2, 0) is 0 Å². The molecule has 0 aliphatic carbocycles. The van der Waals surface area contributed by atoms with E-state index in [1.165, 1.54) is 12.5 Å². The molecule has 0 radical (unpaired) electrons. The molecule has 1 heteroatoms. The van der Waals surface area contributed by atoms with E-state index in [0.29, 0.717) is 0 Å². The molecule has 10 heavy (non-hydrogen) atoms. The molecule has 0 aliphatic rings. The van der Waals surface area contributed by atoms with E-state index in [4.69, 9.17) is 0 Å². The maximum Gasteiger partial charge on any atom is 0.0709 e. The summed E-state index contributed by atoms with van der Waals surface area (Å²) in [4.78, 5) is 0. The molecular formula is C9H20Si. The lowest BCUT2D eigenvalue weighted by Crippen LogP contribution is -2.22. The molecule has 0 saturated carbocycles. The highest BCUT2D eigenvalue weighted by Gasteiger charge is 2.15. The normalized spacial score (nSPS) is 12.1. The van der Waals surface area contributed by atoms with Crippen molar-refractivity contribution in [2.24, 2.45) is 5.92 Å². The second kappa shape index (κ2) is 3.97. The Labute approximate surface area is 66.4 Å². The average molecular weight is 156 g/mol. The minimum Gasteiger partial charge on any atom is -0.107 e. The van der Waals surface area contributed by atoms with E-state index in [-0.39, 0.29) is 0 Å². The van der Waals surface area contributed by atoms with E-state index in [1.54, 1.807) is 0 Å². The van der Waals surface area contributed by atoms with Gasteiger partial charge in [0.05, 0.1) is 8.07 Å². The summed E-state index contributed by atoms with van der Waals surface area (Å²) in [5.74, 6) is 0.853. The monoisotopic (exact) mass is 156 g/mol. The standard InChI is InChI=1S/C9H20Si/c1-6-10(4,5)8-7-9(2)3/h6,9H,1,7-8H2,2-5H3. The van der Waals surface area contributed by atoms with Gasteiger partial charge in [-0.05, 0) is 5.92 Å². The van der Waals surface area contributed by atoms with Crippen LogP contribution in [0.25, 0.3) is 0 Å². The number of hydrogen-bond acceptors (Lipinski definition) is 0. The van der Waals surface area contributed by atoms with Gasteiger partial charge in [0, 0.05) is 0 Å². The molecule has 0 heterocycles. The molecule has 0 spiro atoms. The Morgan fingerprint density at radius 3 is 2.20 bits per heavy atom. The predicted molar refractivity (Wildman–Crippen MR) is 51.9 cm³/mol. The second-order valence-corrected chi connectivity index (χ2v) is 9.01. The number of hydrogen-bond donors (Lipinski definition) is 0. The molecule has 0 N–H and O–H groups in total. The van der Waals surface area contributed by atoms with Crippen LogP contribution in [0.4, 0.5) is 0 Å². The summed E-state index contributed by atoms with van der Waals surface area (Å²) < 4.78 is 0. The van der Waals surface area contributed by atoms with Crippen LogP contribution in [-0.4, -0.2) is 8.07 Å². The van der Waals surface area contributed by atoms with Crippen LogP contribution in [0.5, 0.6) is 0 Å². The Morgan fingerprint density at radius 1 is 1.40 bits per heavy atom. The van der Waals surface area contributed by atoms with Crippen molar-refractivity contribution in [1.29, 1.82) is 0 Å². The van der Waals surface area contributed by atoms with E-state index in [1.807, 2.05) is 0 Å². The van der Waals surface area contributed by atoms with E-state index < -0.39 is 8.07 Å². The minimum atomic E-state index is -0.976. The van der Waals surface area contributed by atoms with Crippen LogP contribution in [0.1, 0.15) is 20.3 Å². The van der Waals surface area contributed by atoms with Gasteiger partial charge in [0.25, 0.3) is 0 Å². The van der Waals surface area contributed by atoms with Crippen molar-refractivity contribution in [2.45, 2.75) is 39.4 Å². The molecule has 0 aromatic heterocycles. The Bertz CT molecular complexity index is 103. The quantitative estimate of drug-likeness (QED) is 0.547. The average Bonchev–Trinajstić information content (AvgIpc) is 1.85. The molecule has 0 saturated heterocycles. The Balaban J connectivity index is 3.56. The van der Waals surface area contributed by atoms with Gasteiger partial charge in [-0.3, -0.25) is 0 Å². The smallest absolute Gasteiger partial charge is 0.0709 e. The van der Waals surface area contributed by atoms with Gasteiger partial charge in [-0.1, -0.05) is 39.4 Å². The van der Waals surface area contributed by atoms with Crippen molar-refractivity contribution in [3.05, 3.63) is 12.3 Å². The van der Waals surface area contributed by atoms with E-state index in [2.05, 4.69) is 39.2 Å². The van der Waals surface area contributed by atoms with Gasteiger partial charge in [-0.25, -0.2) is 0 Å². The lowest BCUT2D eigenvalue weighted by Gasteiger charge is -2.17. The van der Waals surface area contributed by atoms with E-state index in [9.17, 15) is 0 Å². The van der Waals surface area contributed by atoms with E-state index in [0.717, 1.165) is 5.92 Å². The predicted octanol–water partition coefficient (Wildman–Crippen LogP) is 3.47. The molecule has 0 fully saturated rings. The van der Waals surface area contributed by atoms with Crippen LogP contribution in [0.15, 0.2) is 12.3 Å².